The van der Waals surface area contributed by atoms with E-state index < -0.39 is 0 Å². The van der Waals surface area contributed by atoms with Crippen LogP contribution in [0.15, 0.2) is 22.7 Å². The zero-order chi connectivity index (χ0) is 13.8. The van der Waals surface area contributed by atoms with Crippen molar-refractivity contribution in [1.82, 2.24) is 0 Å². The van der Waals surface area contributed by atoms with Gasteiger partial charge in [0.1, 0.15) is 12.2 Å². The van der Waals surface area contributed by atoms with Crippen molar-refractivity contribution in [3.63, 3.8) is 0 Å². The van der Waals surface area contributed by atoms with Gasteiger partial charge in [-0.15, -0.1) is 0 Å². The largest absolute Gasteiger partial charge is 0.377 e. The molecule has 0 amide bonds. The molecule has 2 rings (SSSR count). The van der Waals surface area contributed by atoms with Crippen LogP contribution in [0.25, 0.3) is 0 Å². The zero-order valence-electron chi connectivity index (χ0n) is 11.4. The molecular weight excluding hydrogens is 308 g/mol. The van der Waals surface area contributed by atoms with Crippen LogP contribution in [-0.2, 0) is 15.9 Å². The monoisotopic (exact) mass is 328 g/mol. The highest BCUT2D eigenvalue weighted by atomic mass is 79.9. The smallest absolute Gasteiger partial charge is 0.102 e. The summed E-state index contributed by atoms with van der Waals surface area (Å²) in [4.78, 5) is 2.29. The Morgan fingerprint density at radius 2 is 1.89 bits per heavy atom. The van der Waals surface area contributed by atoms with Crippen molar-refractivity contribution in [2.75, 3.05) is 38.8 Å². The predicted molar refractivity (Wildman–Crippen MR) is 80.7 cm³/mol. The highest BCUT2D eigenvalue weighted by molar-refractivity contribution is 9.10. The summed E-state index contributed by atoms with van der Waals surface area (Å²) < 4.78 is 12.0. The van der Waals surface area contributed by atoms with E-state index in [0.717, 1.165) is 24.0 Å². The van der Waals surface area contributed by atoms with E-state index in [1.54, 1.807) is 14.2 Å². The van der Waals surface area contributed by atoms with Gasteiger partial charge in [-0.05, 0) is 46.6 Å². The summed E-state index contributed by atoms with van der Waals surface area (Å²) in [6.45, 7) is 2.38. The van der Waals surface area contributed by atoms with Gasteiger partial charge < -0.3 is 20.1 Å². The van der Waals surface area contributed by atoms with Gasteiger partial charge in [-0.1, -0.05) is 6.07 Å². The Kier molecular flexibility index (Phi) is 5.21. The second-order valence-electron chi connectivity index (χ2n) is 4.78. The van der Waals surface area contributed by atoms with Gasteiger partial charge in [0, 0.05) is 31.8 Å². The van der Waals surface area contributed by atoms with Crippen LogP contribution in [0.3, 0.4) is 0 Å². The van der Waals surface area contributed by atoms with Crippen LogP contribution < -0.4 is 10.6 Å². The number of benzene rings is 1. The first-order valence-corrected chi connectivity index (χ1v) is 7.28. The molecular formula is C14H21BrN2O2. The Labute approximate surface area is 123 Å². The summed E-state index contributed by atoms with van der Waals surface area (Å²) in [7, 11) is 3.47. The molecule has 0 bridgehead atoms. The third-order valence-corrected chi connectivity index (χ3v) is 4.24. The fourth-order valence-corrected chi connectivity index (χ4v) is 3.20. The van der Waals surface area contributed by atoms with E-state index in [-0.39, 0.29) is 12.2 Å². The number of nitrogens with zero attached hydrogens (tertiary/aromatic N) is 1. The maximum Gasteiger partial charge on any atom is 0.102 e. The molecule has 0 aliphatic carbocycles. The fraction of sp³-hybridized carbons (Fsp3) is 0.571. The molecule has 106 valence electrons. The SMILES string of the molecule is COC1CN(c2ccc(CCN)cc2Br)CC1OC. The molecule has 19 heavy (non-hydrogen) atoms. The number of nitrogens with two attached hydrogens (primary N) is 1. The van der Waals surface area contributed by atoms with E-state index in [0.29, 0.717) is 6.54 Å². The lowest BCUT2D eigenvalue weighted by Crippen LogP contribution is -2.27. The van der Waals surface area contributed by atoms with E-state index in [2.05, 4.69) is 39.0 Å². The highest BCUT2D eigenvalue weighted by Crippen LogP contribution is 2.31. The summed E-state index contributed by atoms with van der Waals surface area (Å²) in [5.74, 6) is 0. The van der Waals surface area contributed by atoms with Crippen molar-refractivity contribution >= 4 is 21.6 Å². The van der Waals surface area contributed by atoms with Gasteiger partial charge >= 0.3 is 0 Å². The topological polar surface area (TPSA) is 47.7 Å². The molecule has 1 aliphatic rings. The van der Waals surface area contributed by atoms with Gasteiger partial charge in [0.05, 0.1) is 5.69 Å². The number of rotatable bonds is 5. The van der Waals surface area contributed by atoms with E-state index in [1.807, 2.05) is 0 Å². The number of ether oxygens (including phenoxy) is 2. The molecule has 1 aromatic carbocycles. The van der Waals surface area contributed by atoms with Gasteiger partial charge in [0.2, 0.25) is 0 Å². The molecule has 1 aromatic rings. The van der Waals surface area contributed by atoms with Gasteiger partial charge in [-0.25, -0.2) is 0 Å². The van der Waals surface area contributed by atoms with Crippen LogP contribution in [0, 0.1) is 0 Å². The van der Waals surface area contributed by atoms with Crippen molar-refractivity contribution in [2.24, 2.45) is 5.73 Å². The van der Waals surface area contributed by atoms with E-state index >= 15 is 0 Å². The molecule has 0 aromatic heterocycles. The van der Waals surface area contributed by atoms with Crippen LogP contribution >= 0.6 is 15.9 Å². The molecule has 5 heteroatoms. The molecule has 1 saturated heterocycles. The zero-order valence-corrected chi connectivity index (χ0v) is 13.0. The van der Waals surface area contributed by atoms with E-state index in [4.69, 9.17) is 15.2 Å². The van der Waals surface area contributed by atoms with Crippen LogP contribution in [0.4, 0.5) is 5.69 Å². The van der Waals surface area contributed by atoms with Crippen LogP contribution in [0.5, 0.6) is 0 Å². The number of hydrogen-bond acceptors (Lipinski definition) is 4. The average Bonchev–Trinajstić information content (AvgIpc) is 2.82. The Bertz CT molecular complexity index is 416. The first kappa shape index (κ1) is 14.8. The first-order chi connectivity index (χ1) is 9.19. The number of methoxy groups -OCH3 is 2. The lowest BCUT2D eigenvalue weighted by atomic mass is 10.1. The van der Waals surface area contributed by atoms with Gasteiger partial charge in [-0.2, -0.15) is 0 Å². The molecule has 0 saturated carbocycles. The molecule has 2 atom stereocenters. The Hall–Kier alpha value is -0.620. The number of halogens is 1. The van der Waals surface area contributed by atoms with Gasteiger partial charge in [0.25, 0.3) is 0 Å². The summed E-state index contributed by atoms with van der Waals surface area (Å²) in [5.41, 5.74) is 8.02. The summed E-state index contributed by atoms with van der Waals surface area (Å²) in [6, 6.07) is 6.42. The maximum absolute atomic E-state index is 5.58. The molecule has 0 spiro atoms. The molecule has 2 unspecified atom stereocenters. The minimum atomic E-state index is 0.126. The average molecular weight is 329 g/mol. The maximum atomic E-state index is 5.58. The third kappa shape index (κ3) is 3.28. The molecule has 4 nitrogen and oxygen atoms in total. The fourth-order valence-electron chi connectivity index (χ4n) is 2.52. The molecule has 1 aliphatic heterocycles. The normalized spacial score (nSPS) is 23.1. The number of hydrogen-bond donors (Lipinski definition) is 1. The summed E-state index contributed by atoms with van der Waals surface area (Å²) in [6.07, 6.45) is 1.15. The Morgan fingerprint density at radius 1 is 1.26 bits per heavy atom. The third-order valence-electron chi connectivity index (χ3n) is 3.61. The second kappa shape index (κ2) is 6.70. The minimum Gasteiger partial charge on any atom is -0.377 e. The Balaban J connectivity index is 2.14. The molecule has 2 N–H and O–H groups in total. The first-order valence-electron chi connectivity index (χ1n) is 6.48. The second-order valence-corrected chi connectivity index (χ2v) is 5.63. The molecule has 1 fully saturated rings. The lowest BCUT2D eigenvalue weighted by Gasteiger charge is -2.20. The number of anilines is 1. The molecule has 0 radical (unpaired) electrons. The van der Waals surface area contributed by atoms with Crippen molar-refractivity contribution < 1.29 is 9.47 Å². The van der Waals surface area contributed by atoms with Crippen molar-refractivity contribution in [3.05, 3.63) is 28.2 Å². The van der Waals surface area contributed by atoms with Crippen LogP contribution in [-0.4, -0.2) is 46.1 Å². The van der Waals surface area contributed by atoms with Crippen molar-refractivity contribution in [1.29, 1.82) is 0 Å². The quantitative estimate of drug-likeness (QED) is 0.895. The van der Waals surface area contributed by atoms with Gasteiger partial charge in [-0.3, -0.25) is 0 Å². The summed E-state index contributed by atoms with van der Waals surface area (Å²) >= 11 is 3.65. The van der Waals surface area contributed by atoms with Crippen molar-refractivity contribution in [2.45, 2.75) is 18.6 Å². The van der Waals surface area contributed by atoms with Gasteiger partial charge in [0.15, 0.2) is 0 Å². The van der Waals surface area contributed by atoms with E-state index in [1.165, 1.54) is 11.3 Å². The van der Waals surface area contributed by atoms with Crippen LogP contribution in [0.1, 0.15) is 5.56 Å². The summed E-state index contributed by atoms with van der Waals surface area (Å²) in [5, 5.41) is 0. The highest BCUT2D eigenvalue weighted by Gasteiger charge is 2.33. The predicted octanol–water partition coefficient (Wildman–Crippen LogP) is 1.80. The van der Waals surface area contributed by atoms with Crippen molar-refractivity contribution in [3.8, 4) is 0 Å². The Morgan fingerprint density at radius 3 is 2.37 bits per heavy atom. The minimum absolute atomic E-state index is 0.126. The lowest BCUT2D eigenvalue weighted by molar-refractivity contribution is -0.00461. The van der Waals surface area contributed by atoms with E-state index in [9.17, 15) is 0 Å². The van der Waals surface area contributed by atoms with Crippen LogP contribution in [0.2, 0.25) is 0 Å². The standard InChI is InChI=1S/C14H21BrN2O2/c1-18-13-8-17(9-14(13)19-2)12-4-3-10(5-6-16)7-11(12)15/h3-4,7,13-14H,5-6,8-9,16H2,1-2H3. The molecule has 1 heterocycles.